The molecule has 4 heterocycles. The minimum absolute atomic E-state index is 0.195. The third-order valence-electron chi connectivity index (χ3n) is 8.31. The molecule has 2 aliphatic carbocycles. The first-order chi connectivity index (χ1) is 17.7. The zero-order valence-electron chi connectivity index (χ0n) is 19.3. The fourth-order valence-electron chi connectivity index (χ4n) is 6.59. The highest BCUT2D eigenvalue weighted by molar-refractivity contribution is 6.11. The molecule has 2 aromatic heterocycles. The Balaban J connectivity index is 1.10. The Hall–Kier alpha value is -3.70. The van der Waals surface area contributed by atoms with Crippen molar-refractivity contribution in [1.82, 2.24) is 20.1 Å². The molecule has 2 saturated carbocycles. The number of likely N-dealkylation sites (tertiary alicyclic amines) is 1. The molecule has 192 valence electrons. The van der Waals surface area contributed by atoms with Gasteiger partial charge in [0.15, 0.2) is 0 Å². The number of H-pyrrole nitrogens is 1. The summed E-state index contributed by atoms with van der Waals surface area (Å²) in [4.78, 5) is 33.6. The summed E-state index contributed by atoms with van der Waals surface area (Å²) in [5.74, 6) is -3.27. The Kier molecular flexibility index (Phi) is 4.51. The molecule has 3 atom stereocenters. The van der Waals surface area contributed by atoms with E-state index in [4.69, 9.17) is 4.74 Å². The van der Waals surface area contributed by atoms with Crippen LogP contribution < -0.4 is 9.64 Å². The Morgan fingerprint density at radius 1 is 1.22 bits per heavy atom. The van der Waals surface area contributed by atoms with Gasteiger partial charge in [0.25, 0.3) is 0 Å². The van der Waals surface area contributed by atoms with Crippen LogP contribution in [0.2, 0.25) is 0 Å². The Morgan fingerprint density at radius 3 is 2.78 bits per heavy atom. The molecule has 0 radical (unpaired) electrons. The van der Waals surface area contributed by atoms with E-state index in [1.54, 1.807) is 24.4 Å². The summed E-state index contributed by atoms with van der Waals surface area (Å²) in [6, 6.07) is 6.88. The lowest BCUT2D eigenvalue weighted by molar-refractivity contribution is -0.159. The van der Waals surface area contributed by atoms with Crippen LogP contribution in [-0.4, -0.2) is 63.3 Å². The van der Waals surface area contributed by atoms with Crippen LogP contribution in [-0.2, 0) is 15.0 Å². The molecular formula is C25H21F4N5O3. The Labute approximate surface area is 207 Å². The number of aromatic nitrogens is 3. The van der Waals surface area contributed by atoms with Gasteiger partial charge in [0, 0.05) is 37.1 Å². The number of halogens is 4. The second-order valence-electron chi connectivity index (χ2n) is 10.3. The normalized spacial score (nSPS) is 30.0. The van der Waals surface area contributed by atoms with E-state index in [-0.39, 0.29) is 30.6 Å². The van der Waals surface area contributed by atoms with E-state index in [9.17, 15) is 22.8 Å². The lowest BCUT2D eigenvalue weighted by atomic mass is 9.63. The third-order valence-corrected chi connectivity index (χ3v) is 8.31. The maximum Gasteiger partial charge on any atom is 0.394 e. The maximum absolute atomic E-state index is 15.1. The molecule has 8 nitrogen and oxygen atoms in total. The van der Waals surface area contributed by atoms with Gasteiger partial charge in [-0.3, -0.25) is 14.7 Å². The average Bonchev–Trinajstić information content (AvgIpc) is 3.10. The van der Waals surface area contributed by atoms with Gasteiger partial charge >= 0.3 is 6.18 Å². The van der Waals surface area contributed by atoms with E-state index >= 15 is 4.39 Å². The fraction of sp³-hybridized carbons (Fsp3) is 0.440. The van der Waals surface area contributed by atoms with Crippen molar-refractivity contribution in [3.63, 3.8) is 0 Å². The van der Waals surface area contributed by atoms with Crippen molar-refractivity contribution in [2.45, 2.75) is 43.0 Å². The van der Waals surface area contributed by atoms with E-state index in [2.05, 4.69) is 15.2 Å². The molecule has 0 bridgehead atoms. The Morgan fingerprint density at radius 2 is 2.03 bits per heavy atom. The van der Waals surface area contributed by atoms with Gasteiger partial charge in [0.05, 0.1) is 28.7 Å². The summed E-state index contributed by atoms with van der Waals surface area (Å²) >= 11 is 0. The predicted octanol–water partition coefficient (Wildman–Crippen LogP) is 3.33. The number of pyridine rings is 1. The van der Waals surface area contributed by atoms with Crippen LogP contribution in [0.3, 0.4) is 0 Å². The quantitative estimate of drug-likeness (QED) is 0.539. The van der Waals surface area contributed by atoms with Gasteiger partial charge in [-0.15, -0.1) is 0 Å². The van der Waals surface area contributed by atoms with Gasteiger partial charge in [0.2, 0.25) is 17.7 Å². The maximum atomic E-state index is 15.1. The minimum atomic E-state index is -4.35. The number of carbonyl (C=O) groups excluding carboxylic acids is 2. The van der Waals surface area contributed by atoms with E-state index in [0.717, 1.165) is 5.52 Å². The Bertz CT molecular complexity index is 1450. The first-order valence-corrected chi connectivity index (χ1v) is 12.1. The topological polar surface area (TPSA) is 91.4 Å². The summed E-state index contributed by atoms with van der Waals surface area (Å²) in [6.07, 6.45) is -2.51. The number of nitrogens with zero attached hydrogens (tertiary/aromatic N) is 4. The molecule has 3 aromatic rings. The zero-order valence-corrected chi connectivity index (χ0v) is 19.3. The molecule has 12 heteroatoms. The molecule has 3 fully saturated rings. The molecule has 37 heavy (non-hydrogen) atoms. The largest absolute Gasteiger partial charge is 0.474 e. The van der Waals surface area contributed by atoms with Crippen LogP contribution in [0.1, 0.15) is 24.8 Å². The van der Waals surface area contributed by atoms with E-state index in [1.165, 1.54) is 21.9 Å². The predicted molar refractivity (Wildman–Crippen MR) is 121 cm³/mol. The van der Waals surface area contributed by atoms with Gasteiger partial charge in [-0.25, -0.2) is 9.37 Å². The van der Waals surface area contributed by atoms with Crippen LogP contribution in [0, 0.1) is 17.7 Å². The highest BCUT2D eigenvalue weighted by atomic mass is 19.4. The van der Waals surface area contributed by atoms with Crippen LogP contribution in [0.4, 0.5) is 23.2 Å². The van der Waals surface area contributed by atoms with Crippen LogP contribution in [0.5, 0.6) is 5.88 Å². The lowest BCUT2D eigenvalue weighted by Gasteiger charge is -2.43. The van der Waals surface area contributed by atoms with Crippen LogP contribution >= 0.6 is 0 Å². The fourth-order valence-corrected chi connectivity index (χ4v) is 6.59. The van der Waals surface area contributed by atoms with Gasteiger partial charge in [-0.05, 0) is 30.5 Å². The van der Waals surface area contributed by atoms with Crippen molar-refractivity contribution in [2.24, 2.45) is 11.8 Å². The van der Waals surface area contributed by atoms with Crippen molar-refractivity contribution in [3.8, 4) is 5.88 Å². The van der Waals surface area contributed by atoms with Gasteiger partial charge in [0.1, 0.15) is 24.0 Å². The number of ether oxygens (including phenoxy) is 1. The molecule has 1 spiro atoms. The first-order valence-electron chi connectivity index (χ1n) is 12.1. The summed E-state index contributed by atoms with van der Waals surface area (Å²) in [5, 5.41) is 6.72. The second kappa shape index (κ2) is 7.42. The molecule has 1 saturated heterocycles. The number of hydrogen-bond acceptors (Lipinski definition) is 5. The van der Waals surface area contributed by atoms with Crippen LogP contribution in [0.15, 0.2) is 36.5 Å². The average molecular weight is 515 g/mol. The zero-order chi connectivity index (χ0) is 25.7. The molecule has 1 aromatic carbocycles. The van der Waals surface area contributed by atoms with Crippen molar-refractivity contribution in [1.29, 1.82) is 0 Å². The van der Waals surface area contributed by atoms with E-state index in [0.29, 0.717) is 17.8 Å². The van der Waals surface area contributed by atoms with Gasteiger partial charge < -0.3 is 14.5 Å². The lowest BCUT2D eigenvalue weighted by Crippen LogP contribution is -2.55. The van der Waals surface area contributed by atoms with Crippen molar-refractivity contribution >= 4 is 28.5 Å². The van der Waals surface area contributed by atoms with Crippen molar-refractivity contribution < 1.29 is 31.9 Å². The molecule has 1 N–H and O–H groups in total. The number of nitrogens with one attached hydrogen (secondary N) is 1. The number of benzene rings is 1. The smallest absolute Gasteiger partial charge is 0.394 e. The van der Waals surface area contributed by atoms with E-state index < -0.39 is 59.7 Å². The number of anilines is 1. The number of hydrogen-bond donors (Lipinski definition) is 1. The monoisotopic (exact) mass is 515 g/mol. The second-order valence-corrected chi connectivity index (χ2v) is 10.3. The van der Waals surface area contributed by atoms with Crippen molar-refractivity contribution in [3.05, 3.63) is 47.9 Å². The molecule has 4 aliphatic rings. The molecule has 3 unspecified atom stereocenters. The van der Waals surface area contributed by atoms with Gasteiger partial charge in [-0.2, -0.15) is 18.3 Å². The van der Waals surface area contributed by atoms with Crippen LogP contribution in [0.25, 0.3) is 11.0 Å². The van der Waals surface area contributed by atoms with Crippen molar-refractivity contribution in [2.75, 3.05) is 18.0 Å². The SMILES string of the molecule is O=C(CN1C(=O)C2(CC(Oc3ccc4[nH]ncc4n3)C2)c2c(F)cccc21)N1CCC2C1C2C(F)(F)F. The summed E-state index contributed by atoms with van der Waals surface area (Å²) in [5.41, 5.74) is 0.680. The number of alkyl halides is 3. The minimum Gasteiger partial charge on any atom is -0.474 e. The number of piperidine rings is 1. The number of fused-ring (bicyclic) bond motifs is 4. The third kappa shape index (κ3) is 3.20. The number of aromatic amines is 1. The molecule has 2 aliphatic heterocycles. The summed E-state index contributed by atoms with van der Waals surface area (Å²) in [7, 11) is 0. The number of rotatable bonds is 4. The molecule has 2 amide bonds. The summed E-state index contributed by atoms with van der Waals surface area (Å²) in [6.45, 7) is -0.192. The standard InChI is InChI=1S/C25H21F4N5O3/c26-14-2-1-3-17-21(14)24(8-12(9-24)37-18-5-4-15-16(31-18)10-30-32-15)23(36)34(17)11-19(35)33-7-6-13-20(22(13)33)25(27,28)29/h1-5,10,12-13,20,22H,6-9,11H2,(H,30,32). The van der Waals surface area contributed by atoms with Gasteiger partial charge in [-0.1, -0.05) is 6.07 Å². The number of amides is 2. The molecular weight excluding hydrogens is 494 g/mol. The highest BCUT2D eigenvalue weighted by Crippen LogP contribution is 2.59. The number of carbonyl (C=O) groups is 2. The molecule has 7 rings (SSSR count). The highest BCUT2D eigenvalue weighted by Gasteiger charge is 2.69. The first kappa shape index (κ1) is 22.5. The summed E-state index contributed by atoms with van der Waals surface area (Å²) < 4.78 is 60.8. The van der Waals surface area contributed by atoms with E-state index in [1.807, 2.05) is 0 Å².